The molecule has 0 radical (unpaired) electrons. The third-order valence-electron chi connectivity index (χ3n) is 10.1. The minimum Gasteiger partial charge on any atom is -0.497 e. The molecule has 1 N–H and O–H groups in total. The average molecular weight is 697 g/mol. The van der Waals surface area contributed by atoms with Gasteiger partial charge in [-0.3, -0.25) is 19.6 Å². The molecule has 3 aromatic carbocycles. The van der Waals surface area contributed by atoms with Crippen molar-refractivity contribution in [3.8, 4) is 23.3 Å². The molecule has 0 spiro atoms. The Hall–Kier alpha value is -4.74. The number of hydrogen-bond donors (Lipinski definition) is 1. The minimum absolute atomic E-state index is 0.138. The van der Waals surface area contributed by atoms with Crippen molar-refractivity contribution in [2.24, 2.45) is 0 Å². The Kier molecular flexibility index (Phi) is 9.13. The fourth-order valence-corrected chi connectivity index (χ4v) is 9.45. The van der Waals surface area contributed by atoms with Crippen molar-refractivity contribution in [3.05, 3.63) is 83.6 Å². The molecule has 3 aliphatic rings. The molecule has 0 aliphatic carbocycles. The second-order valence-corrected chi connectivity index (χ2v) is 14.3. The number of nitrogens with zero attached hydrogens (tertiary/aromatic N) is 5. The highest BCUT2D eigenvalue weighted by molar-refractivity contribution is 7.93. The summed E-state index contributed by atoms with van der Waals surface area (Å²) in [6.45, 7) is 6.92. The molecule has 7 rings (SSSR count). The van der Waals surface area contributed by atoms with Gasteiger partial charge in [-0.2, -0.15) is 5.26 Å². The van der Waals surface area contributed by atoms with Crippen LogP contribution in [0.25, 0.3) is 10.9 Å². The molecule has 0 saturated carbocycles. The summed E-state index contributed by atoms with van der Waals surface area (Å²) in [4.78, 5) is 24.5. The Balaban J connectivity index is 1.46. The van der Waals surface area contributed by atoms with Gasteiger partial charge in [0, 0.05) is 68.0 Å². The first-order valence-electron chi connectivity index (χ1n) is 16.9. The van der Waals surface area contributed by atoms with Crippen LogP contribution in [0.2, 0.25) is 0 Å². The lowest BCUT2D eigenvalue weighted by Gasteiger charge is -2.47. The summed E-state index contributed by atoms with van der Waals surface area (Å²) in [6, 6.07) is 19.0. The molecule has 260 valence electrons. The molecule has 1 aromatic heterocycles. The molecule has 1 amide bonds. The van der Waals surface area contributed by atoms with Gasteiger partial charge in [-0.25, -0.2) is 12.7 Å². The van der Waals surface area contributed by atoms with Gasteiger partial charge in [-0.1, -0.05) is 0 Å². The number of pyridine rings is 1. The Morgan fingerprint density at radius 1 is 0.960 bits per heavy atom. The monoisotopic (exact) mass is 696 g/mol. The van der Waals surface area contributed by atoms with Gasteiger partial charge in [0.05, 0.1) is 43.7 Å². The fraction of sp³-hybridized carbons (Fsp3) is 0.378. The molecule has 2 fully saturated rings. The molecule has 13 heteroatoms. The lowest BCUT2D eigenvalue weighted by molar-refractivity contribution is -0.127. The summed E-state index contributed by atoms with van der Waals surface area (Å²) in [7, 11) is -1.54. The van der Waals surface area contributed by atoms with Crippen LogP contribution in [0.5, 0.6) is 17.2 Å². The van der Waals surface area contributed by atoms with Crippen LogP contribution in [0, 0.1) is 11.3 Å². The first-order valence-corrected chi connectivity index (χ1v) is 18.3. The van der Waals surface area contributed by atoms with Gasteiger partial charge < -0.3 is 19.5 Å². The molecule has 4 aromatic rings. The van der Waals surface area contributed by atoms with Crippen molar-refractivity contribution >= 4 is 32.5 Å². The molecular weight excluding hydrogens is 657 g/mol. The SMILES string of the molecule is CCOc1ccc(OC)cc1C1(N2CCC(N3CCNCC3)CC2)C(=O)N(S(=O)(=O)c2ccc(OC)c3cccnc23)c2ccc(C#N)cc21. The summed E-state index contributed by atoms with van der Waals surface area (Å²) in [5, 5.41) is 14.0. The quantitative estimate of drug-likeness (QED) is 0.273. The Morgan fingerprint density at radius 3 is 2.42 bits per heavy atom. The van der Waals surface area contributed by atoms with E-state index in [9.17, 15) is 5.26 Å². The van der Waals surface area contributed by atoms with Crippen LogP contribution in [0.4, 0.5) is 5.69 Å². The number of fused-ring (bicyclic) bond motifs is 2. The number of methoxy groups -OCH3 is 2. The number of piperidine rings is 1. The summed E-state index contributed by atoms with van der Waals surface area (Å²) in [5.74, 6) is 0.682. The number of anilines is 1. The number of nitrogens with one attached hydrogen (secondary N) is 1. The van der Waals surface area contributed by atoms with Crippen molar-refractivity contribution in [2.75, 3.05) is 64.4 Å². The molecule has 2 saturated heterocycles. The highest BCUT2D eigenvalue weighted by Crippen LogP contribution is 2.54. The largest absolute Gasteiger partial charge is 0.497 e. The van der Waals surface area contributed by atoms with E-state index in [-0.39, 0.29) is 16.1 Å². The standard InChI is InChI=1S/C37H40N6O6S/c1-4-49-33-10-8-27(47-2)23-30(33)37(42-18-13-26(14-19-42)41-20-16-39-17-21-41)29-22-25(24-38)7-9-31(29)43(36(37)44)50(45,46)34-12-11-32(48-3)28-6-5-15-40-35(28)34/h5-12,15,22-23,26,39H,4,13-14,16-21H2,1-3H3. The number of hydrogen-bond acceptors (Lipinski definition) is 11. The number of aromatic nitrogens is 1. The average Bonchev–Trinajstić information content (AvgIpc) is 3.43. The van der Waals surface area contributed by atoms with E-state index in [1.807, 2.05) is 6.92 Å². The zero-order chi connectivity index (χ0) is 35.0. The van der Waals surface area contributed by atoms with Gasteiger partial charge in [-0.05, 0) is 80.4 Å². The first-order chi connectivity index (χ1) is 24.3. The van der Waals surface area contributed by atoms with Crippen LogP contribution in [0.3, 0.4) is 0 Å². The Morgan fingerprint density at radius 2 is 1.72 bits per heavy atom. The second-order valence-electron chi connectivity index (χ2n) is 12.6. The maximum Gasteiger partial charge on any atom is 0.273 e. The summed E-state index contributed by atoms with van der Waals surface area (Å²) < 4.78 is 48.4. The van der Waals surface area contributed by atoms with Crippen molar-refractivity contribution in [1.82, 2.24) is 20.1 Å². The van der Waals surface area contributed by atoms with Gasteiger partial charge in [-0.15, -0.1) is 0 Å². The van der Waals surface area contributed by atoms with Crippen LogP contribution in [0.15, 0.2) is 71.8 Å². The van der Waals surface area contributed by atoms with Crippen LogP contribution in [0.1, 0.15) is 36.5 Å². The predicted octanol–water partition coefficient (Wildman–Crippen LogP) is 3.87. The maximum absolute atomic E-state index is 15.7. The van der Waals surface area contributed by atoms with Crippen LogP contribution < -0.4 is 23.8 Å². The number of carbonyl (C=O) groups excluding carboxylic acids is 1. The minimum atomic E-state index is -4.59. The first kappa shape index (κ1) is 33.7. The molecule has 1 atom stereocenters. The summed E-state index contributed by atoms with van der Waals surface area (Å²) in [5.41, 5.74) is -0.169. The third-order valence-corrected chi connectivity index (χ3v) is 11.9. The molecular formula is C37H40N6O6S. The van der Waals surface area contributed by atoms with Crippen LogP contribution in [-0.2, 0) is 20.4 Å². The van der Waals surface area contributed by atoms with Gasteiger partial charge >= 0.3 is 0 Å². The number of rotatable bonds is 9. The molecule has 0 bridgehead atoms. The zero-order valence-corrected chi connectivity index (χ0v) is 29.2. The summed E-state index contributed by atoms with van der Waals surface area (Å²) in [6.07, 6.45) is 3.06. The number of amides is 1. The lowest BCUT2D eigenvalue weighted by Crippen LogP contribution is -2.59. The van der Waals surface area contributed by atoms with E-state index < -0.39 is 21.5 Å². The number of sulfonamides is 1. The zero-order valence-electron chi connectivity index (χ0n) is 28.4. The summed E-state index contributed by atoms with van der Waals surface area (Å²) >= 11 is 0. The number of benzene rings is 3. The number of piperazine rings is 1. The normalized spacial score (nSPS) is 20.4. The number of ether oxygens (including phenoxy) is 3. The van der Waals surface area contributed by atoms with E-state index >= 15 is 13.2 Å². The highest BCUT2D eigenvalue weighted by Gasteiger charge is 2.61. The number of carbonyl (C=O) groups is 1. The van der Waals surface area contributed by atoms with Crippen LogP contribution in [-0.4, -0.2) is 95.2 Å². The predicted molar refractivity (Wildman–Crippen MR) is 188 cm³/mol. The topological polar surface area (TPSA) is 137 Å². The van der Waals surface area contributed by atoms with Gasteiger partial charge in [0.15, 0.2) is 5.54 Å². The van der Waals surface area contributed by atoms with Crippen molar-refractivity contribution in [2.45, 2.75) is 36.2 Å². The van der Waals surface area contributed by atoms with E-state index in [1.54, 1.807) is 61.7 Å². The fourth-order valence-electron chi connectivity index (χ4n) is 7.84. The molecule has 4 heterocycles. The van der Waals surface area contributed by atoms with E-state index in [0.29, 0.717) is 65.1 Å². The van der Waals surface area contributed by atoms with Gasteiger partial charge in [0.2, 0.25) is 0 Å². The number of nitriles is 1. The molecule has 1 unspecified atom stereocenters. The van der Waals surface area contributed by atoms with Gasteiger partial charge in [0.1, 0.15) is 22.1 Å². The van der Waals surface area contributed by atoms with E-state index in [2.05, 4.69) is 26.2 Å². The number of likely N-dealkylation sites (tertiary alicyclic amines) is 1. The smallest absolute Gasteiger partial charge is 0.273 e. The van der Waals surface area contributed by atoms with Gasteiger partial charge in [0.25, 0.3) is 15.9 Å². The maximum atomic E-state index is 15.7. The Bertz CT molecular complexity index is 2090. The molecule has 3 aliphatic heterocycles. The van der Waals surface area contributed by atoms with E-state index in [0.717, 1.165) is 43.3 Å². The van der Waals surface area contributed by atoms with E-state index in [1.165, 1.54) is 19.4 Å². The third kappa shape index (κ3) is 5.34. The highest BCUT2D eigenvalue weighted by atomic mass is 32.2. The second kappa shape index (κ2) is 13.5. The Labute approximate surface area is 292 Å². The van der Waals surface area contributed by atoms with Crippen LogP contribution >= 0.6 is 0 Å². The molecule has 12 nitrogen and oxygen atoms in total. The lowest BCUT2D eigenvalue weighted by atomic mass is 9.79. The molecule has 50 heavy (non-hydrogen) atoms. The van der Waals surface area contributed by atoms with Crippen molar-refractivity contribution < 1.29 is 27.4 Å². The van der Waals surface area contributed by atoms with Crippen molar-refractivity contribution in [1.29, 1.82) is 5.26 Å². The van der Waals surface area contributed by atoms with Crippen molar-refractivity contribution in [3.63, 3.8) is 0 Å². The van der Waals surface area contributed by atoms with E-state index in [4.69, 9.17) is 14.2 Å².